The predicted octanol–water partition coefficient (Wildman–Crippen LogP) is 1.79. The molecule has 0 aliphatic heterocycles. The Morgan fingerprint density at radius 3 is 3.10 bits per heavy atom. The van der Waals surface area contributed by atoms with E-state index in [4.69, 9.17) is 14.1 Å². The van der Waals surface area contributed by atoms with E-state index in [1.165, 1.54) is 11.2 Å². The monoisotopic (exact) mass is 292 g/mol. The van der Waals surface area contributed by atoms with Gasteiger partial charge in [0.05, 0.1) is 24.5 Å². The SMILES string of the molecule is CN(CCC#N)C(=O)CSc1nnc(-c2ccco2)o1. The molecule has 0 N–H and O–H groups in total. The number of furan rings is 1. The van der Waals surface area contributed by atoms with Crippen molar-refractivity contribution in [3.63, 3.8) is 0 Å². The molecule has 8 heteroatoms. The van der Waals surface area contributed by atoms with Crippen molar-refractivity contribution < 1.29 is 13.6 Å². The molecule has 0 saturated carbocycles. The van der Waals surface area contributed by atoms with E-state index in [0.717, 1.165) is 11.8 Å². The Labute approximate surface area is 119 Å². The molecule has 2 aromatic heterocycles. The van der Waals surface area contributed by atoms with E-state index >= 15 is 0 Å². The maximum absolute atomic E-state index is 11.7. The van der Waals surface area contributed by atoms with Gasteiger partial charge < -0.3 is 13.7 Å². The van der Waals surface area contributed by atoms with Crippen LogP contribution in [0.5, 0.6) is 0 Å². The maximum atomic E-state index is 11.7. The number of nitriles is 1. The summed E-state index contributed by atoms with van der Waals surface area (Å²) in [6.45, 7) is 0.414. The lowest BCUT2D eigenvalue weighted by Crippen LogP contribution is -2.29. The van der Waals surface area contributed by atoms with Crippen molar-refractivity contribution in [2.45, 2.75) is 11.6 Å². The Balaban J connectivity index is 1.86. The third kappa shape index (κ3) is 3.61. The Hall–Kier alpha value is -2.27. The molecule has 104 valence electrons. The van der Waals surface area contributed by atoms with Crippen molar-refractivity contribution in [1.82, 2.24) is 15.1 Å². The van der Waals surface area contributed by atoms with E-state index in [2.05, 4.69) is 10.2 Å². The van der Waals surface area contributed by atoms with Gasteiger partial charge >= 0.3 is 0 Å². The summed E-state index contributed by atoms with van der Waals surface area (Å²) in [6, 6.07) is 5.43. The Bertz CT molecular complexity index is 603. The molecular weight excluding hydrogens is 280 g/mol. The van der Waals surface area contributed by atoms with Gasteiger partial charge in [0.2, 0.25) is 5.91 Å². The molecule has 0 aliphatic carbocycles. The summed E-state index contributed by atoms with van der Waals surface area (Å²) in [5.41, 5.74) is 0. The third-order valence-corrected chi connectivity index (χ3v) is 3.25. The van der Waals surface area contributed by atoms with E-state index in [1.54, 1.807) is 19.2 Å². The van der Waals surface area contributed by atoms with Crippen molar-refractivity contribution in [2.75, 3.05) is 19.3 Å². The lowest BCUT2D eigenvalue weighted by molar-refractivity contribution is -0.127. The Morgan fingerprint density at radius 1 is 1.55 bits per heavy atom. The average Bonchev–Trinajstić information content (AvgIpc) is 3.12. The quantitative estimate of drug-likeness (QED) is 0.749. The van der Waals surface area contributed by atoms with Gasteiger partial charge in [-0.2, -0.15) is 5.26 Å². The van der Waals surface area contributed by atoms with Gasteiger partial charge in [-0.25, -0.2) is 0 Å². The molecular formula is C12H12N4O3S. The second-order valence-electron chi connectivity index (χ2n) is 3.86. The summed E-state index contributed by atoms with van der Waals surface area (Å²) in [7, 11) is 1.66. The summed E-state index contributed by atoms with van der Waals surface area (Å²) < 4.78 is 10.5. The highest BCUT2D eigenvalue weighted by molar-refractivity contribution is 7.99. The highest BCUT2D eigenvalue weighted by Gasteiger charge is 2.14. The van der Waals surface area contributed by atoms with Crippen LogP contribution in [0.25, 0.3) is 11.7 Å². The number of carbonyl (C=O) groups excluding carboxylic acids is 1. The lowest BCUT2D eigenvalue weighted by atomic mass is 10.4. The third-order valence-electron chi connectivity index (χ3n) is 2.44. The second-order valence-corrected chi connectivity index (χ2v) is 4.79. The fourth-order valence-electron chi connectivity index (χ4n) is 1.34. The fraction of sp³-hybridized carbons (Fsp3) is 0.333. The summed E-state index contributed by atoms with van der Waals surface area (Å²) in [4.78, 5) is 13.2. The molecule has 0 bridgehead atoms. The Kier molecular flexibility index (Phi) is 4.79. The highest BCUT2D eigenvalue weighted by Crippen LogP contribution is 2.23. The Morgan fingerprint density at radius 2 is 2.40 bits per heavy atom. The van der Waals surface area contributed by atoms with Crippen LogP contribution in [0.4, 0.5) is 0 Å². The van der Waals surface area contributed by atoms with Gasteiger partial charge in [0.25, 0.3) is 11.1 Å². The first-order valence-corrected chi connectivity index (χ1v) is 6.80. The summed E-state index contributed by atoms with van der Waals surface area (Å²) in [5.74, 6) is 0.856. The number of amides is 1. The molecule has 20 heavy (non-hydrogen) atoms. The zero-order chi connectivity index (χ0) is 14.4. The van der Waals surface area contributed by atoms with Crippen LogP contribution in [-0.2, 0) is 4.79 Å². The standard InChI is InChI=1S/C12H12N4O3S/c1-16(6-3-5-13)10(17)8-20-12-15-14-11(19-12)9-4-2-7-18-9/h2,4,7H,3,6,8H2,1H3. The van der Waals surface area contributed by atoms with Crippen LogP contribution in [0.3, 0.4) is 0 Å². The van der Waals surface area contributed by atoms with E-state index in [0.29, 0.717) is 23.9 Å². The number of hydrogen-bond donors (Lipinski definition) is 0. The van der Waals surface area contributed by atoms with Gasteiger partial charge in [-0.05, 0) is 12.1 Å². The number of aromatic nitrogens is 2. The number of hydrogen-bond acceptors (Lipinski definition) is 7. The van der Waals surface area contributed by atoms with Crippen molar-refractivity contribution in [1.29, 1.82) is 5.26 Å². The zero-order valence-corrected chi connectivity index (χ0v) is 11.6. The second kappa shape index (κ2) is 6.77. The zero-order valence-electron chi connectivity index (χ0n) is 10.8. The molecule has 0 unspecified atom stereocenters. The minimum absolute atomic E-state index is 0.0944. The van der Waals surface area contributed by atoms with Crippen molar-refractivity contribution in [3.05, 3.63) is 18.4 Å². The minimum Gasteiger partial charge on any atom is -0.459 e. The molecule has 2 aromatic rings. The van der Waals surface area contributed by atoms with Gasteiger partial charge in [0.15, 0.2) is 5.76 Å². The molecule has 0 fully saturated rings. The molecule has 1 amide bonds. The maximum Gasteiger partial charge on any atom is 0.284 e. The van der Waals surface area contributed by atoms with Crippen LogP contribution < -0.4 is 0 Å². The van der Waals surface area contributed by atoms with Crippen molar-refractivity contribution in [2.24, 2.45) is 0 Å². The van der Waals surface area contributed by atoms with Crippen molar-refractivity contribution in [3.8, 4) is 17.7 Å². The molecule has 7 nitrogen and oxygen atoms in total. The van der Waals surface area contributed by atoms with Crippen molar-refractivity contribution >= 4 is 17.7 Å². The summed E-state index contributed by atoms with van der Waals surface area (Å²) in [6.07, 6.45) is 1.83. The van der Waals surface area contributed by atoms with Crippen LogP contribution in [0, 0.1) is 11.3 Å². The van der Waals surface area contributed by atoms with Gasteiger partial charge in [-0.15, -0.1) is 10.2 Å². The highest BCUT2D eigenvalue weighted by atomic mass is 32.2. The summed E-state index contributed by atoms with van der Waals surface area (Å²) in [5, 5.41) is 16.4. The van der Waals surface area contributed by atoms with Gasteiger partial charge in [-0.3, -0.25) is 4.79 Å². The van der Waals surface area contributed by atoms with E-state index < -0.39 is 0 Å². The summed E-state index contributed by atoms with van der Waals surface area (Å²) >= 11 is 1.15. The smallest absolute Gasteiger partial charge is 0.284 e. The van der Waals surface area contributed by atoms with Crippen LogP contribution in [0.15, 0.2) is 32.5 Å². The van der Waals surface area contributed by atoms with Crippen LogP contribution in [-0.4, -0.2) is 40.3 Å². The number of thioether (sulfide) groups is 1. The van der Waals surface area contributed by atoms with E-state index in [1.807, 2.05) is 6.07 Å². The van der Waals surface area contributed by atoms with Crippen LogP contribution in [0.2, 0.25) is 0 Å². The lowest BCUT2D eigenvalue weighted by Gasteiger charge is -2.13. The van der Waals surface area contributed by atoms with Gasteiger partial charge in [0, 0.05) is 13.6 Å². The number of nitrogens with zero attached hydrogens (tertiary/aromatic N) is 4. The molecule has 2 rings (SSSR count). The predicted molar refractivity (Wildman–Crippen MR) is 70.6 cm³/mol. The minimum atomic E-state index is -0.0944. The first-order valence-electron chi connectivity index (χ1n) is 5.82. The van der Waals surface area contributed by atoms with E-state index in [9.17, 15) is 4.79 Å². The number of rotatable bonds is 6. The average molecular weight is 292 g/mol. The molecule has 0 aliphatic rings. The molecule has 0 radical (unpaired) electrons. The molecule has 0 saturated heterocycles. The van der Waals surface area contributed by atoms with Crippen LogP contribution >= 0.6 is 11.8 Å². The first kappa shape index (κ1) is 14.1. The van der Waals surface area contributed by atoms with E-state index in [-0.39, 0.29) is 17.6 Å². The fourth-order valence-corrected chi connectivity index (χ4v) is 2.05. The molecule has 0 aromatic carbocycles. The van der Waals surface area contributed by atoms with Crippen LogP contribution in [0.1, 0.15) is 6.42 Å². The molecule has 2 heterocycles. The largest absolute Gasteiger partial charge is 0.459 e. The van der Waals surface area contributed by atoms with Gasteiger partial charge in [0.1, 0.15) is 0 Å². The normalized spacial score (nSPS) is 10.2. The topological polar surface area (TPSA) is 96.2 Å². The molecule has 0 spiro atoms. The first-order chi connectivity index (χ1) is 9.70. The molecule has 0 atom stereocenters. The number of carbonyl (C=O) groups is 1. The van der Waals surface area contributed by atoms with Gasteiger partial charge in [-0.1, -0.05) is 11.8 Å².